The molecule has 1 aromatic carbocycles. The molecule has 2 aliphatic rings. The molecule has 19 heavy (non-hydrogen) atoms. The van der Waals surface area contributed by atoms with Crippen LogP contribution in [0, 0.1) is 23.5 Å². The van der Waals surface area contributed by atoms with Crippen LogP contribution in [0.5, 0.6) is 0 Å². The van der Waals surface area contributed by atoms with Gasteiger partial charge in [0, 0.05) is 12.1 Å². The monoisotopic (exact) mass is 310 g/mol. The second kappa shape index (κ2) is 4.97. The first-order valence-electron chi connectivity index (χ1n) is 5.67. The first-order chi connectivity index (χ1) is 8.49. The highest BCUT2D eigenvalue weighted by Crippen LogP contribution is 2.42. The summed E-state index contributed by atoms with van der Waals surface area (Å²) in [6.07, 6.45) is 0. The second-order valence-electron chi connectivity index (χ2n) is 4.71. The van der Waals surface area contributed by atoms with E-state index in [9.17, 15) is 17.2 Å². The van der Waals surface area contributed by atoms with E-state index in [4.69, 9.17) is 0 Å². The van der Waals surface area contributed by atoms with Crippen molar-refractivity contribution in [3.8, 4) is 0 Å². The van der Waals surface area contributed by atoms with Gasteiger partial charge in [0.05, 0.1) is 0 Å². The Kier molecular flexibility index (Phi) is 3.83. The number of benzene rings is 1. The zero-order valence-electron chi connectivity index (χ0n) is 9.77. The molecule has 0 bridgehead atoms. The molecule has 2 N–H and O–H groups in total. The lowest BCUT2D eigenvalue weighted by Gasteiger charge is -2.09. The van der Waals surface area contributed by atoms with Gasteiger partial charge < -0.3 is 5.32 Å². The molecule has 4 nitrogen and oxygen atoms in total. The number of sulfonamides is 1. The summed E-state index contributed by atoms with van der Waals surface area (Å²) in [4.78, 5) is -0.498. The average molecular weight is 311 g/mol. The standard InChI is InChI=1S/C11H12F2N2O2S.ClH/c12-6-1-2-10(9(13)3-6)18(16,17)15-11-7-4-14-5-8(7)11;/h1-3,7-8,11,14-15H,4-5H2;1H. The molecule has 0 aromatic heterocycles. The summed E-state index contributed by atoms with van der Waals surface area (Å²) < 4.78 is 52.6. The molecule has 1 aromatic rings. The Labute approximate surface area is 116 Å². The van der Waals surface area contributed by atoms with Gasteiger partial charge in [-0.15, -0.1) is 12.4 Å². The lowest BCUT2D eigenvalue weighted by molar-refractivity contribution is 0.537. The number of hydrogen-bond acceptors (Lipinski definition) is 3. The molecular weight excluding hydrogens is 298 g/mol. The maximum Gasteiger partial charge on any atom is 0.243 e. The quantitative estimate of drug-likeness (QED) is 0.871. The Bertz CT molecular complexity index is 586. The zero-order chi connectivity index (χ0) is 12.9. The van der Waals surface area contributed by atoms with Crippen LogP contribution in [-0.4, -0.2) is 27.5 Å². The van der Waals surface area contributed by atoms with Crippen LogP contribution < -0.4 is 10.0 Å². The van der Waals surface area contributed by atoms with Crippen molar-refractivity contribution in [2.45, 2.75) is 10.9 Å². The highest BCUT2D eigenvalue weighted by molar-refractivity contribution is 7.89. The van der Waals surface area contributed by atoms with E-state index in [-0.39, 0.29) is 18.4 Å². The highest BCUT2D eigenvalue weighted by Gasteiger charge is 2.54. The van der Waals surface area contributed by atoms with Crippen molar-refractivity contribution in [3.63, 3.8) is 0 Å². The summed E-state index contributed by atoms with van der Waals surface area (Å²) in [6.45, 7) is 1.56. The van der Waals surface area contributed by atoms with Crippen molar-refractivity contribution in [1.29, 1.82) is 0 Å². The van der Waals surface area contributed by atoms with E-state index in [1.807, 2.05) is 0 Å². The summed E-state index contributed by atoms with van der Waals surface area (Å²) in [5.41, 5.74) is 0. The van der Waals surface area contributed by atoms with E-state index >= 15 is 0 Å². The molecule has 0 spiro atoms. The topological polar surface area (TPSA) is 58.2 Å². The van der Waals surface area contributed by atoms with Gasteiger partial charge in [-0.05, 0) is 37.1 Å². The molecule has 1 heterocycles. The van der Waals surface area contributed by atoms with Crippen molar-refractivity contribution < 1.29 is 17.2 Å². The molecule has 2 fully saturated rings. The Morgan fingerprint density at radius 2 is 1.84 bits per heavy atom. The number of piperidine rings is 1. The predicted octanol–water partition coefficient (Wildman–Crippen LogP) is 0.883. The molecule has 0 radical (unpaired) electrons. The summed E-state index contributed by atoms with van der Waals surface area (Å²) in [7, 11) is -3.91. The van der Waals surface area contributed by atoms with Gasteiger partial charge in [-0.3, -0.25) is 0 Å². The third-order valence-corrected chi connectivity index (χ3v) is 5.06. The minimum absolute atomic E-state index is 0. The minimum atomic E-state index is -3.91. The van der Waals surface area contributed by atoms with Gasteiger partial charge in [-0.2, -0.15) is 0 Å². The molecule has 1 aliphatic heterocycles. The van der Waals surface area contributed by atoms with Gasteiger partial charge in [-0.25, -0.2) is 21.9 Å². The van der Waals surface area contributed by atoms with Gasteiger partial charge in [0.1, 0.15) is 16.5 Å². The number of halogens is 3. The molecule has 0 amide bonds. The van der Waals surface area contributed by atoms with E-state index in [0.29, 0.717) is 17.9 Å². The smallest absolute Gasteiger partial charge is 0.243 e. The lowest BCUT2D eigenvalue weighted by atomic mass is 10.3. The summed E-state index contributed by atoms with van der Waals surface area (Å²) in [6, 6.07) is 2.33. The fourth-order valence-corrected chi connectivity index (χ4v) is 3.93. The van der Waals surface area contributed by atoms with Crippen LogP contribution in [0.25, 0.3) is 0 Å². The summed E-state index contributed by atoms with van der Waals surface area (Å²) in [5, 5.41) is 3.14. The number of hydrogen-bond donors (Lipinski definition) is 2. The average Bonchev–Trinajstić information content (AvgIpc) is 2.74. The van der Waals surface area contributed by atoms with Crippen LogP contribution in [0.4, 0.5) is 8.78 Å². The second-order valence-corrected chi connectivity index (χ2v) is 6.39. The van der Waals surface area contributed by atoms with Crippen LogP contribution in [0.2, 0.25) is 0 Å². The lowest BCUT2D eigenvalue weighted by Crippen LogP contribution is -2.33. The van der Waals surface area contributed by atoms with Crippen LogP contribution in [0.3, 0.4) is 0 Å². The SMILES string of the molecule is Cl.O=S(=O)(NC1C2CNCC21)c1ccc(F)cc1F. The van der Waals surface area contributed by atoms with Gasteiger partial charge in [0.15, 0.2) is 0 Å². The molecular formula is C11H13ClF2N2O2S. The number of nitrogens with one attached hydrogen (secondary N) is 2. The van der Waals surface area contributed by atoms with E-state index in [1.165, 1.54) is 0 Å². The predicted molar refractivity (Wildman–Crippen MR) is 67.6 cm³/mol. The molecule has 2 atom stereocenters. The van der Waals surface area contributed by atoms with E-state index in [0.717, 1.165) is 25.2 Å². The van der Waals surface area contributed by atoms with Crippen molar-refractivity contribution in [1.82, 2.24) is 10.0 Å². The van der Waals surface area contributed by atoms with E-state index in [2.05, 4.69) is 10.0 Å². The normalized spacial score (nSPS) is 28.6. The number of rotatable bonds is 3. The molecule has 1 saturated carbocycles. The molecule has 8 heteroatoms. The highest BCUT2D eigenvalue weighted by atomic mass is 35.5. The van der Waals surface area contributed by atoms with E-state index in [1.54, 1.807) is 0 Å². The third kappa shape index (κ3) is 2.60. The Morgan fingerprint density at radius 3 is 2.42 bits per heavy atom. The molecule has 1 saturated heterocycles. The Balaban J connectivity index is 0.00000133. The zero-order valence-corrected chi connectivity index (χ0v) is 11.4. The van der Waals surface area contributed by atoms with Gasteiger partial charge >= 0.3 is 0 Å². The largest absolute Gasteiger partial charge is 0.316 e. The van der Waals surface area contributed by atoms with E-state index < -0.39 is 26.6 Å². The van der Waals surface area contributed by atoms with Crippen LogP contribution in [-0.2, 0) is 10.0 Å². The summed E-state index contributed by atoms with van der Waals surface area (Å²) >= 11 is 0. The fraction of sp³-hybridized carbons (Fsp3) is 0.455. The maximum absolute atomic E-state index is 13.4. The first kappa shape index (κ1) is 14.6. The van der Waals surface area contributed by atoms with Crippen LogP contribution in [0.15, 0.2) is 23.1 Å². The van der Waals surface area contributed by atoms with Gasteiger partial charge in [0.2, 0.25) is 10.0 Å². The van der Waals surface area contributed by atoms with Crippen molar-refractivity contribution in [2.24, 2.45) is 11.8 Å². The molecule has 3 rings (SSSR count). The number of fused-ring (bicyclic) bond motifs is 1. The van der Waals surface area contributed by atoms with Gasteiger partial charge in [0.25, 0.3) is 0 Å². The van der Waals surface area contributed by atoms with Crippen LogP contribution >= 0.6 is 12.4 Å². The third-order valence-electron chi connectivity index (χ3n) is 3.57. The minimum Gasteiger partial charge on any atom is -0.316 e. The van der Waals surface area contributed by atoms with Crippen LogP contribution in [0.1, 0.15) is 0 Å². The summed E-state index contributed by atoms with van der Waals surface area (Å²) in [5.74, 6) is -1.27. The van der Waals surface area contributed by atoms with Crippen molar-refractivity contribution >= 4 is 22.4 Å². The molecule has 1 aliphatic carbocycles. The van der Waals surface area contributed by atoms with Gasteiger partial charge in [-0.1, -0.05) is 0 Å². The molecule has 2 unspecified atom stereocenters. The Morgan fingerprint density at radius 1 is 1.21 bits per heavy atom. The maximum atomic E-state index is 13.4. The fourth-order valence-electron chi connectivity index (χ4n) is 2.53. The first-order valence-corrected chi connectivity index (χ1v) is 7.15. The Hall–Kier alpha value is -0.760. The molecule has 106 valence electrons. The van der Waals surface area contributed by atoms with Crippen molar-refractivity contribution in [2.75, 3.05) is 13.1 Å². The van der Waals surface area contributed by atoms with Crippen molar-refractivity contribution in [3.05, 3.63) is 29.8 Å².